The van der Waals surface area contributed by atoms with E-state index in [1.807, 2.05) is 0 Å². The van der Waals surface area contributed by atoms with Crippen LogP contribution in [0.1, 0.15) is 6.42 Å². The summed E-state index contributed by atoms with van der Waals surface area (Å²) in [7, 11) is 0. The average molecular weight is 217 g/mol. The van der Waals surface area contributed by atoms with Crippen molar-refractivity contribution in [3.05, 3.63) is 11.5 Å². The van der Waals surface area contributed by atoms with Gasteiger partial charge in [0.15, 0.2) is 0 Å². The molecular formula is C9H16NOPS. The molecule has 0 amide bonds. The highest BCUT2D eigenvalue weighted by Crippen LogP contribution is 2.51. The van der Waals surface area contributed by atoms with Crippen LogP contribution in [0.5, 0.6) is 0 Å². The summed E-state index contributed by atoms with van der Waals surface area (Å²) in [5.74, 6) is 2.37. The normalized spacial score (nSPS) is 34.8. The third-order valence-electron chi connectivity index (χ3n) is 2.65. The number of nitrogens with zero attached hydrogens (tertiary/aromatic N) is 1. The Bertz CT molecular complexity index is 271. The van der Waals surface area contributed by atoms with Gasteiger partial charge in [-0.1, -0.05) is 11.8 Å². The maximum Gasteiger partial charge on any atom is 0.0642 e. The number of rotatable bonds is 1. The van der Waals surface area contributed by atoms with Gasteiger partial charge in [-0.2, -0.15) is 0 Å². The molecule has 74 valence electrons. The minimum atomic E-state index is -1.08. The molecule has 1 saturated heterocycles. The third-order valence-corrected chi connectivity index (χ3v) is 5.47. The van der Waals surface area contributed by atoms with Gasteiger partial charge in [0.25, 0.3) is 0 Å². The minimum Gasteiger partial charge on any atom is -0.378 e. The predicted molar refractivity (Wildman–Crippen MR) is 60.2 cm³/mol. The lowest BCUT2D eigenvalue weighted by atomic mass is 10.3. The van der Waals surface area contributed by atoms with E-state index < -0.39 is 6.04 Å². The summed E-state index contributed by atoms with van der Waals surface area (Å²) in [6.45, 7) is 6.12. The molecule has 1 atom stereocenters. The van der Waals surface area contributed by atoms with Gasteiger partial charge in [-0.15, -0.1) is 0 Å². The number of hydrogen-bond donors (Lipinski definition) is 0. The van der Waals surface area contributed by atoms with E-state index in [-0.39, 0.29) is 0 Å². The Morgan fingerprint density at radius 2 is 2.15 bits per heavy atom. The molecule has 0 bridgehead atoms. The van der Waals surface area contributed by atoms with Gasteiger partial charge in [0, 0.05) is 18.8 Å². The molecule has 0 saturated carbocycles. The van der Waals surface area contributed by atoms with Crippen LogP contribution in [0.2, 0.25) is 0 Å². The molecular weight excluding hydrogens is 201 g/mol. The maximum absolute atomic E-state index is 5.53. The first-order valence-corrected chi connectivity index (χ1v) is 8.28. The van der Waals surface area contributed by atoms with Crippen LogP contribution in [0.3, 0.4) is 0 Å². The van der Waals surface area contributed by atoms with Crippen LogP contribution in [-0.4, -0.2) is 44.0 Å². The van der Waals surface area contributed by atoms with Gasteiger partial charge in [-0.3, -0.25) is 0 Å². The fraction of sp³-hybridized carbons (Fsp3) is 0.778. The molecule has 13 heavy (non-hydrogen) atoms. The summed E-state index contributed by atoms with van der Waals surface area (Å²) in [5, 5.41) is 0. The van der Waals surface area contributed by atoms with E-state index in [0.717, 1.165) is 26.3 Å². The van der Waals surface area contributed by atoms with Crippen molar-refractivity contribution in [3.8, 4) is 0 Å². The molecule has 2 nitrogen and oxygen atoms in total. The topological polar surface area (TPSA) is 12.5 Å². The SMILES string of the molecule is CP1(=S)C=C(N2CCOCC2)CC1. The molecule has 0 N–H and O–H groups in total. The quantitative estimate of drug-likeness (QED) is 0.620. The minimum absolute atomic E-state index is 0.879. The monoisotopic (exact) mass is 217 g/mol. The second kappa shape index (κ2) is 3.72. The average Bonchev–Trinajstić information content (AvgIpc) is 2.48. The van der Waals surface area contributed by atoms with Crippen LogP contribution < -0.4 is 0 Å². The van der Waals surface area contributed by atoms with Gasteiger partial charge in [0.2, 0.25) is 0 Å². The van der Waals surface area contributed by atoms with Crippen molar-refractivity contribution < 1.29 is 4.74 Å². The Hall–Kier alpha value is 0.150. The van der Waals surface area contributed by atoms with Crippen LogP contribution >= 0.6 is 6.04 Å². The summed E-state index contributed by atoms with van der Waals surface area (Å²) < 4.78 is 5.33. The van der Waals surface area contributed by atoms with Crippen molar-refractivity contribution in [2.75, 3.05) is 39.1 Å². The maximum atomic E-state index is 5.53. The lowest BCUT2D eigenvalue weighted by molar-refractivity contribution is 0.0528. The van der Waals surface area contributed by atoms with Crippen molar-refractivity contribution in [1.82, 2.24) is 4.90 Å². The van der Waals surface area contributed by atoms with Gasteiger partial charge in [-0.05, 0) is 31.1 Å². The van der Waals surface area contributed by atoms with Gasteiger partial charge < -0.3 is 9.64 Å². The van der Waals surface area contributed by atoms with E-state index >= 15 is 0 Å². The number of morpholine rings is 1. The molecule has 0 spiro atoms. The molecule has 2 rings (SSSR count). The number of hydrogen-bond acceptors (Lipinski definition) is 3. The van der Waals surface area contributed by atoms with Crippen molar-refractivity contribution in [1.29, 1.82) is 0 Å². The number of ether oxygens (including phenoxy) is 1. The fourth-order valence-electron chi connectivity index (χ4n) is 1.87. The van der Waals surface area contributed by atoms with Crippen LogP contribution in [-0.2, 0) is 16.5 Å². The Kier molecular flexibility index (Phi) is 2.77. The van der Waals surface area contributed by atoms with Crippen LogP contribution in [0, 0.1) is 0 Å². The molecule has 4 heteroatoms. The zero-order valence-electron chi connectivity index (χ0n) is 8.03. The summed E-state index contributed by atoms with van der Waals surface area (Å²) in [6, 6.07) is -1.08. The van der Waals surface area contributed by atoms with Gasteiger partial charge >= 0.3 is 0 Å². The van der Waals surface area contributed by atoms with E-state index in [2.05, 4.69) is 17.4 Å². The summed E-state index contributed by atoms with van der Waals surface area (Å²) in [4.78, 5) is 2.45. The molecule has 0 aromatic heterocycles. The van der Waals surface area contributed by atoms with E-state index in [9.17, 15) is 0 Å². The lowest BCUT2D eigenvalue weighted by Crippen LogP contribution is -2.35. The summed E-state index contributed by atoms with van der Waals surface area (Å²) >= 11 is 5.53. The van der Waals surface area contributed by atoms with Crippen LogP contribution in [0.25, 0.3) is 0 Å². The van der Waals surface area contributed by atoms with Crippen molar-refractivity contribution in [2.24, 2.45) is 0 Å². The van der Waals surface area contributed by atoms with Crippen molar-refractivity contribution >= 4 is 17.8 Å². The third kappa shape index (κ3) is 2.34. The first-order chi connectivity index (χ1) is 6.17. The van der Waals surface area contributed by atoms with Gasteiger partial charge in [-0.25, -0.2) is 0 Å². The first-order valence-electron chi connectivity index (χ1n) is 4.78. The standard InChI is InChI=1S/C9H16NOPS/c1-12(13)7-2-9(8-12)10-3-5-11-6-4-10/h8H,2-7H2,1H3. The van der Waals surface area contributed by atoms with Crippen molar-refractivity contribution in [3.63, 3.8) is 0 Å². The molecule has 0 aromatic rings. The Labute approximate surface area is 85.0 Å². The molecule has 0 aromatic carbocycles. The molecule has 0 radical (unpaired) electrons. The zero-order chi connectivity index (χ0) is 9.31. The fourth-order valence-corrected chi connectivity index (χ4v) is 4.24. The molecule has 2 heterocycles. The second-order valence-electron chi connectivity index (χ2n) is 3.87. The highest BCUT2D eigenvalue weighted by Gasteiger charge is 2.22. The summed E-state index contributed by atoms with van der Waals surface area (Å²) in [6.07, 6.45) is 2.43. The van der Waals surface area contributed by atoms with Crippen molar-refractivity contribution in [2.45, 2.75) is 6.42 Å². The molecule has 2 aliphatic rings. The Balaban J connectivity index is 2.05. The summed E-state index contributed by atoms with van der Waals surface area (Å²) in [5.41, 5.74) is 1.49. The molecule has 0 aliphatic carbocycles. The Morgan fingerprint density at radius 3 is 2.69 bits per heavy atom. The smallest absolute Gasteiger partial charge is 0.0642 e. The van der Waals surface area contributed by atoms with E-state index in [1.165, 1.54) is 18.3 Å². The van der Waals surface area contributed by atoms with E-state index in [0.29, 0.717) is 0 Å². The zero-order valence-corrected chi connectivity index (χ0v) is 9.74. The molecule has 2 aliphatic heterocycles. The van der Waals surface area contributed by atoms with Gasteiger partial charge in [0.05, 0.1) is 13.2 Å². The predicted octanol–water partition coefficient (Wildman–Crippen LogP) is 1.67. The Morgan fingerprint density at radius 1 is 1.46 bits per heavy atom. The van der Waals surface area contributed by atoms with Crippen LogP contribution in [0.4, 0.5) is 0 Å². The number of allylic oxidation sites excluding steroid dienone is 1. The van der Waals surface area contributed by atoms with Crippen LogP contribution in [0.15, 0.2) is 11.5 Å². The van der Waals surface area contributed by atoms with Gasteiger partial charge in [0.1, 0.15) is 0 Å². The van der Waals surface area contributed by atoms with E-state index in [1.54, 1.807) is 0 Å². The highest BCUT2D eigenvalue weighted by molar-refractivity contribution is 8.15. The lowest BCUT2D eigenvalue weighted by Gasteiger charge is -2.29. The first kappa shape index (κ1) is 9.70. The highest BCUT2D eigenvalue weighted by atomic mass is 32.4. The largest absolute Gasteiger partial charge is 0.378 e. The molecule has 1 fully saturated rings. The molecule has 1 unspecified atom stereocenters. The second-order valence-corrected chi connectivity index (χ2v) is 9.42. The van der Waals surface area contributed by atoms with E-state index in [4.69, 9.17) is 16.5 Å².